The van der Waals surface area contributed by atoms with Crippen LogP contribution in [0.4, 0.5) is 4.79 Å². The molecule has 0 aromatic heterocycles. The van der Waals surface area contributed by atoms with E-state index in [9.17, 15) is 9.59 Å². The number of amidine groups is 1. The van der Waals surface area contributed by atoms with Crippen LogP contribution in [0.25, 0.3) is 0 Å². The first-order valence-corrected chi connectivity index (χ1v) is 12.0. The Morgan fingerprint density at radius 2 is 2.03 bits per heavy atom. The topological polar surface area (TPSA) is 83.5 Å². The van der Waals surface area contributed by atoms with Crippen LogP contribution in [0.1, 0.15) is 39.2 Å². The van der Waals surface area contributed by atoms with E-state index >= 15 is 0 Å². The lowest BCUT2D eigenvalue weighted by Crippen LogP contribution is -2.51. The Bertz CT molecular complexity index is 812. The zero-order valence-electron chi connectivity index (χ0n) is 19.4. The lowest BCUT2D eigenvalue weighted by atomic mass is 10.1. The van der Waals surface area contributed by atoms with E-state index in [0.717, 1.165) is 35.9 Å². The molecule has 1 aromatic carbocycles. The van der Waals surface area contributed by atoms with Crippen LogP contribution in [-0.4, -0.2) is 77.5 Å². The standard InChI is InChI=1S/C23H34N4O4S/c1-23(2,3)31-22(29)27-12-8-11-18(27)14-32-21-24-15-26(16-25-21)19(20(28)30-4)13-17-9-6-5-7-10-17/h5-7,9-10,18-19H,8,11-16H2,1-4H3,(H,24,25)/t18?,19-/m0/s1. The number of ether oxygens (including phenoxy) is 2. The number of nitrogens with zero attached hydrogens (tertiary/aromatic N) is 3. The van der Waals surface area contributed by atoms with E-state index in [4.69, 9.17) is 9.47 Å². The van der Waals surface area contributed by atoms with Crippen LogP contribution in [0.15, 0.2) is 35.3 Å². The van der Waals surface area contributed by atoms with Gasteiger partial charge < -0.3 is 19.7 Å². The van der Waals surface area contributed by atoms with Gasteiger partial charge in [0.15, 0.2) is 5.17 Å². The van der Waals surface area contributed by atoms with Crippen molar-refractivity contribution in [3.05, 3.63) is 35.9 Å². The van der Waals surface area contributed by atoms with Gasteiger partial charge in [-0.15, -0.1) is 0 Å². The normalized spacial score (nSPS) is 20.3. The summed E-state index contributed by atoms with van der Waals surface area (Å²) in [7, 11) is 1.42. The zero-order valence-corrected chi connectivity index (χ0v) is 20.2. The minimum atomic E-state index is -0.494. The van der Waals surface area contributed by atoms with Crippen molar-refractivity contribution in [3.63, 3.8) is 0 Å². The third kappa shape index (κ3) is 6.87. The number of nitrogens with one attached hydrogen (secondary N) is 1. The summed E-state index contributed by atoms with van der Waals surface area (Å²) in [4.78, 5) is 33.3. The second-order valence-corrected chi connectivity index (χ2v) is 10.0. The monoisotopic (exact) mass is 462 g/mol. The summed E-state index contributed by atoms with van der Waals surface area (Å²) in [6.07, 6.45) is 2.28. The Kier molecular flexibility index (Phi) is 8.42. The molecule has 3 rings (SSSR count). The largest absolute Gasteiger partial charge is 0.468 e. The smallest absolute Gasteiger partial charge is 0.410 e. The van der Waals surface area contributed by atoms with Gasteiger partial charge in [-0.2, -0.15) is 0 Å². The van der Waals surface area contributed by atoms with Gasteiger partial charge in [-0.05, 0) is 45.6 Å². The van der Waals surface area contributed by atoms with Gasteiger partial charge in [-0.1, -0.05) is 42.1 Å². The maximum absolute atomic E-state index is 12.5. The lowest BCUT2D eigenvalue weighted by Gasteiger charge is -2.32. The van der Waals surface area contributed by atoms with Crippen molar-refractivity contribution in [2.45, 2.75) is 57.7 Å². The summed E-state index contributed by atoms with van der Waals surface area (Å²) in [5.41, 5.74) is 0.585. The number of carbonyl (C=O) groups is 2. The molecule has 0 spiro atoms. The van der Waals surface area contributed by atoms with Crippen LogP contribution in [-0.2, 0) is 20.7 Å². The highest BCUT2D eigenvalue weighted by atomic mass is 32.2. The predicted octanol–water partition coefficient (Wildman–Crippen LogP) is 3.08. The molecular weight excluding hydrogens is 428 g/mol. The Hall–Kier alpha value is -2.26. The van der Waals surface area contributed by atoms with E-state index in [0.29, 0.717) is 19.8 Å². The number of benzene rings is 1. The molecule has 1 fully saturated rings. The molecule has 0 bridgehead atoms. The van der Waals surface area contributed by atoms with Crippen LogP contribution < -0.4 is 5.32 Å². The van der Waals surface area contributed by atoms with Gasteiger partial charge in [0, 0.05) is 18.3 Å². The highest BCUT2D eigenvalue weighted by Gasteiger charge is 2.33. The number of likely N-dealkylation sites (tertiary alicyclic amines) is 1. The number of methoxy groups -OCH3 is 1. The number of rotatable bonds is 6. The molecule has 1 amide bonds. The molecule has 0 radical (unpaired) electrons. The summed E-state index contributed by atoms with van der Waals surface area (Å²) in [5, 5.41) is 4.15. The van der Waals surface area contributed by atoms with Gasteiger partial charge in [0.1, 0.15) is 11.6 Å². The first kappa shape index (κ1) is 24.4. The molecule has 1 unspecified atom stereocenters. The number of amides is 1. The fraction of sp³-hybridized carbons (Fsp3) is 0.609. The molecule has 1 N–H and O–H groups in total. The van der Waals surface area contributed by atoms with Gasteiger partial charge in [-0.25, -0.2) is 9.79 Å². The highest BCUT2D eigenvalue weighted by molar-refractivity contribution is 8.13. The number of thioether (sulfide) groups is 1. The van der Waals surface area contributed by atoms with Crippen molar-refractivity contribution in [3.8, 4) is 0 Å². The number of hydrogen-bond acceptors (Lipinski definition) is 8. The molecule has 1 saturated heterocycles. The zero-order chi connectivity index (χ0) is 23.1. The molecule has 8 nitrogen and oxygen atoms in total. The Balaban J connectivity index is 1.54. The van der Waals surface area contributed by atoms with Gasteiger partial charge in [0.25, 0.3) is 0 Å². The molecule has 0 saturated carbocycles. The quantitative estimate of drug-likeness (QED) is 0.651. The van der Waals surface area contributed by atoms with Crippen LogP contribution in [0.3, 0.4) is 0 Å². The van der Waals surface area contributed by atoms with E-state index in [1.807, 2.05) is 60.9 Å². The molecule has 176 valence electrons. The molecule has 2 heterocycles. The molecule has 9 heteroatoms. The van der Waals surface area contributed by atoms with Gasteiger partial charge >= 0.3 is 12.1 Å². The first-order valence-electron chi connectivity index (χ1n) is 11.0. The average Bonchev–Trinajstić information content (AvgIpc) is 3.24. The molecule has 2 atom stereocenters. The molecular formula is C23H34N4O4S. The van der Waals surface area contributed by atoms with Gasteiger partial charge in [0.05, 0.1) is 20.4 Å². The third-order valence-electron chi connectivity index (χ3n) is 5.43. The van der Waals surface area contributed by atoms with Crippen LogP contribution in [0.5, 0.6) is 0 Å². The average molecular weight is 463 g/mol. The summed E-state index contributed by atoms with van der Waals surface area (Å²) in [6.45, 7) is 7.32. The van der Waals surface area contributed by atoms with Crippen molar-refractivity contribution < 1.29 is 19.1 Å². The van der Waals surface area contributed by atoms with Crippen LogP contribution >= 0.6 is 11.8 Å². The molecule has 32 heavy (non-hydrogen) atoms. The highest BCUT2D eigenvalue weighted by Crippen LogP contribution is 2.24. The third-order valence-corrected chi connectivity index (χ3v) is 6.53. The van der Waals surface area contributed by atoms with Crippen molar-refractivity contribution in [1.29, 1.82) is 0 Å². The maximum Gasteiger partial charge on any atom is 0.410 e. The van der Waals surface area contributed by atoms with Crippen molar-refractivity contribution in [2.24, 2.45) is 4.99 Å². The van der Waals surface area contributed by atoms with E-state index in [1.54, 1.807) is 11.8 Å². The van der Waals surface area contributed by atoms with E-state index in [1.165, 1.54) is 7.11 Å². The van der Waals surface area contributed by atoms with E-state index < -0.39 is 11.6 Å². The predicted molar refractivity (Wildman–Crippen MR) is 127 cm³/mol. The fourth-order valence-corrected chi connectivity index (χ4v) is 4.83. The number of esters is 1. The molecule has 1 aromatic rings. The van der Waals surface area contributed by atoms with Crippen molar-refractivity contribution in [1.82, 2.24) is 15.1 Å². The number of carbonyl (C=O) groups excluding carboxylic acids is 2. The lowest BCUT2D eigenvalue weighted by molar-refractivity contribution is -0.147. The fourth-order valence-electron chi connectivity index (χ4n) is 3.82. The summed E-state index contributed by atoms with van der Waals surface area (Å²) in [5.74, 6) is 0.496. The minimum absolute atomic E-state index is 0.137. The SMILES string of the molecule is COC(=O)[C@H](Cc1ccccc1)N1CN=C(SCC2CCCN2C(=O)OC(C)(C)C)NC1. The van der Waals surface area contributed by atoms with Crippen molar-refractivity contribution in [2.75, 3.05) is 32.7 Å². The molecule has 2 aliphatic rings. The number of aliphatic imine (C=N–C) groups is 1. The second kappa shape index (κ2) is 11.0. The Labute approximate surface area is 194 Å². The van der Waals surface area contributed by atoms with E-state index in [2.05, 4.69) is 10.3 Å². The van der Waals surface area contributed by atoms with E-state index in [-0.39, 0.29) is 18.1 Å². The van der Waals surface area contributed by atoms with Gasteiger partial charge in [0.2, 0.25) is 0 Å². The van der Waals surface area contributed by atoms with Crippen molar-refractivity contribution >= 4 is 29.0 Å². The van der Waals surface area contributed by atoms with Crippen LogP contribution in [0, 0.1) is 0 Å². The Morgan fingerprint density at radius 1 is 1.28 bits per heavy atom. The van der Waals surface area contributed by atoms with Gasteiger partial charge in [-0.3, -0.25) is 9.69 Å². The summed E-state index contributed by atoms with van der Waals surface area (Å²) >= 11 is 1.61. The second-order valence-electron chi connectivity index (χ2n) is 9.04. The maximum atomic E-state index is 12.5. The summed E-state index contributed by atoms with van der Waals surface area (Å²) in [6, 6.07) is 9.65. The molecule has 2 aliphatic heterocycles. The van der Waals surface area contributed by atoms with Crippen LogP contribution in [0.2, 0.25) is 0 Å². The minimum Gasteiger partial charge on any atom is -0.468 e. The molecule has 0 aliphatic carbocycles. The first-order chi connectivity index (χ1) is 15.3. The number of hydrogen-bond donors (Lipinski definition) is 1. The summed E-state index contributed by atoms with van der Waals surface area (Å²) < 4.78 is 10.6. The Morgan fingerprint density at radius 3 is 2.66 bits per heavy atom.